The molecule has 3 aromatic heterocycles. The van der Waals surface area contributed by atoms with Crippen LogP contribution in [0.5, 0.6) is 0 Å². The highest BCUT2D eigenvalue weighted by molar-refractivity contribution is 7.15. The summed E-state index contributed by atoms with van der Waals surface area (Å²) in [6.45, 7) is 2.90. The van der Waals surface area contributed by atoms with Crippen molar-refractivity contribution in [3.05, 3.63) is 65.4 Å². The fourth-order valence-corrected chi connectivity index (χ4v) is 5.63. The summed E-state index contributed by atoms with van der Waals surface area (Å²) in [4.78, 5) is 27.7. The van der Waals surface area contributed by atoms with Crippen LogP contribution in [-0.2, 0) is 10.3 Å². The first-order valence-electron chi connectivity index (χ1n) is 10.3. The van der Waals surface area contributed by atoms with Crippen LogP contribution < -0.4 is 10.2 Å². The minimum absolute atomic E-state index is 0.0518. The predicted molar refractivity (Wildman–Crippen MR) is 125 cm³/mol. The topological polar surface area (TPSA) is 85.2 Å². The van der Waals surface area contributed by atoms with Gasteiger partial charge in [0.05, 0.1) is 5.92 Å². The van der Waals surface area contributed by atoms with Crippen LogP contribution in [0.2, 0.25) is 0 Å². The molecule has 1 amide bonds. The van der Waals surface area contributed by atoms with Gasteiger partial charge in [0, 0.05) is 59.6 Å². The number of rotatable bonds is 3. The van der Waals surface area contributed by atoms with Crippen LogP contribution in [0.4, 0.5) is 5.82 Å². The molecule has 160 valence electrons. The van der Waals surface area contributed by atoms with Gasteiger partial charge >= 0.3 is 0 Å². The van der Waals surface area contributed by atoms with Crippen molar-refractivity contribution in [3.63, 3.8) is 0 Å². The van der Waals surface area contributed by atoms with Gasteiger partial charge in [-0.3, -0.25) is 20.1 Å². The van der Waals surface area contributed by atoms with Crippen LogP contribution in [0.1, 0.15) is 17.4 Å². The Kier molecular flexibility index (Phi) is 4.91. The summed E-state index contributed by atoms with van der Waals surface area (Å²) in [6, 6.07) is 11.9. The van der Waals surface area contributed by atoms with E-state index in [-0.39, 0.29) is 17.8 Å². The van der Waals surface area contributed by atoms with Gasteiger partial charge in [-0.15, -0.1) is 17.3 Å². The number of thiophene rings is 1. The van der Waals surface area contributed by atoms with Gasteiger partial charge in [-0.25, -0.2) is 4.98 Å². The van der Waals surface area contributed by atoms with Crippen LogP contribution in [0.25, 0.3) is 10.4 Å². The van der Waals surface area contributed by atoms with Gasteiger partial charge in [0.15, 0.2) is 5.96 Å². The van der Waals surface area contributed by atoms with E-state index in [1.807, 2.05) is 30.5 Å². The Balaban J connectivity index is 1.56. The minimum Gasteiger partial charge on any atom is -0.353 e. The van der Waals surface area contributed by atoms with E-state index in [0.717, 1.165) is 26.7 Å². The third kappa shape index (κ3) is 3.22. The second-order valence-electron chi connectivity index (χ2n) is 7.96. The zero-order chi connectivity index (χ0) is 22.3. The first-order valence-corrected chi connectivity index (χ1v) is 11.1. The van der Waals surface area contributed by atoms with Crippen LogP contribution in [-0.4, -0.2) is 46.9 Å². The molecular weight excluding hydrogens is 420 g/mol. The molecule has 0 aromatic carbocycles. The number of carbonyl (C=O) groups excluding carboxylic acids is 1. The molecule has 32 heavy (non-hydrogen) atoms. The van der Waals surface area contributed by atoms with E-state index in [0.29, 0.717) is 13.1 Å². The minimum atomic E-state index is -0.685. The van der Waals surface area contributed by atoms with Crippen LogP contribution >= 0.6 is 11.3 Å². The van der Waals surface area contributed by atoms with E-state index in [1.165, 1.54) is 4.90 Å². The summed E-state index contributed by atoms with van der Waals surface area (Å²) < 4.78 is 0. The van der Waals surface area contributed by atoms with Crippen LogP contribution in [0.15, 0.2) is 55.0 Å². The van der Waals surface area contributed by atoms with Crippen molar-refractivity contribution in [2.75, 3.05) is 25.0 Å². The highest BCUT2D eigenvalue weighted by atomic mass is 32.1. The molecule has 2 N–H and O–H groups in total. The number of hydrogen-bond acceptors (Lipinski definition) is 6. The second-order valence-corrected chi connectivity index (χ2v) is 9.05. The molecule has 2 fully saturated rings. The van der Waals surface area contributed by atoms with Gasteiger partial charge in [-0.05, 0) is 37.3 Å². The lowest BCUT2D eigenvalue weighted by atomic mass is 9.83. The Morgan fingerprint density at radius 3 is 2.94 bits per heavy atom. The van der Waals surface area contributed by atoms with E-state index in [1.54, 1.807) is 37.7 Å². The molecule has 3 aromatic rings. The summed E-state index contributed by atoms with van der Waals surface area (Å²) in [5.41, 5.74) is 1.17. The van der Waals surface area contributed by atoms with Crippen molar-refractivity contribution in [3.8, 4) is 22.3 Å². The Morgan fingerprint density at radius 2 is 2.16 bits per heavy atom. The maximum absolute atomic E-state index is 13.2. The van der Waals surface area contributed by atoms with Gasteiger partial charge in [-0.2, -0.15) is 0 Å². The van der Waals surface area contributed by atoms with Crippen molar-refractivity contribution in [2.45, 2.75) is 12.5 Å². The SMILES string of the molecule is CC#Cc1cncc(-c2ccc([C@]34CN(c5ccccn5)C[C@H]3C(=O)N(C)C(=N)N4)s2)c1. The summed E-state index contributed by atoms with van der Waals surface area (Å²) >= 11 is 1.62. The maximum atomic E-state index is 13.2. The maximum Gasteiger partial charge on any atom is 0.236 e. The van der Waals surface area contributed by atoms with Gasteiger partial charge in [-0.1, -0.05) is 12.0 Å². The van der Waals surface area contributed by atoms with E-state index < -0.39 is 5.54 Å². The number of aromatic nitrogens is 2. The normalized spacial score (nSPS) is 22.2. The van der Waals surface area contributed by atoms with Crippen molar-refractivity contribution < 1.29 is 4.79 Å². The van der Waals surface area contributed by atoms with Crippen LogP contribution in [0, 0.1) is 23.2 Å². The number of anilines is 1. The van der Waals surface area contributed by atoms with E-state index in [4.69, 9.17) is 5.41 Å². The molecule has 2 aliphatic heterocycles. The number of fused-ring (bicyclic) bond motifs is 1. The summed E-state index contributed by atoms with van der Waals surface area (Å²) in [5, 5.41) is 11.8. The van der Waals surface area contributed by atoms with Crippen molar-refractivity contribution in [1.82, 2.24) is 20.2 Å². The number of pyridine rings is 2. The number of nitrogens with one attached hydrogen (secondary N) is 2. The molecule has 0 bridgehead atoms. The fraction of sp³-hybridized carbons (Fsp3) is 0.250. The third-order valence-corrected chi connectivity index (χ3v) is 7.37. The van der Waals surface area contributed by atoms with Gasteiger partial charge in [0.1, 0.15) is 11.4 Å². The summed E-state index contributed by atoms with van der Waals surface area (Å²) in [6.07, 6.45) is 5.34. The first kappa shape index (κ1) is 20.2. The fourth-order valence-electron chi connectivity index (χ4n) is 4.45. The smallest absolute Gasteiger partial charge is 0.236 e. The second kappa shape index (κ2) is 7.77. The average Bonchev–Trinajstić information content (AvgIpc) is 3.45. The highest BCUT2D eigenvalue weighted by Crippen LogP contribution is 2.45. The summed E-state index contributed by atoms with van der Waals surface area (Å²) in [5.74, 6) is 6.53. The molecule has 2 atom stereocenters. The molecule has 8 heteroatoms. The number of nitrogens with zero attached hydrogens (tertiary/aromatic N) is 4. The molecule has 0 saturated carbocycles. The highest BCUT2D eigenvalue weighted by Gasteiger charge is 2.57. The molecule has 0 spiro atoms. The van der Waals surface area contributed by atoms with E-state index >= 15 is 0 Å². The molecule has 7 nitrogen and oxygen atoms in total. The van der Waals surface area contributed by atoms with Crippen molar-refractivity contribution in [2.24, 2.45) is 5.92 Å². The zero-order valence-corrected chi connectivity index (χ0v) is 18.6. The quantitative estimate of drug-likeness (QED) is 0.610. The van der Waals surface area contributed by atoms with Gasteiger partial charge in [0.25, 0.3) is 0 Å². The van der Waals surface area contributed by atoms with E-state index in [2.05, 4.69) is 44.2 Å². The Hall–Kier alpha value is -3.70. The van der Waals surface area contributed by atoms with Gasteiger partial charge < -0.3 is 10.2 Å². The molecule has 5 heterocycles. The number of hydrogen-bond donors (Lipinski definition) is 2. The molecule has 5 rings (SSSR count). The number of guanidine groups is 1. The number of amides is 1. The molecule has 2 aliphatic rings. The predicted octanol–water partition coefficient (Wildman–Crippen LogP) is 2.90. The Labute approximate surface area is 190 Å². The molecule has 2 saturated heterocycles. The lowest BCUT2D eigenvalue weighted by molar-refractivity contribution is -0.133. The number of carbonyl (C=O) groups is 1. The lowest BCUT2D eigenvalue weighted by Gasteiger charge is -2.42. The largest absolute Gasteiger partial charge is 0.353 e. The molecule has 0 radical (unpaired) electrons. The lowest BCUT2D eigenvalue weighted by Crippen LogP contribution is -2.64. The summed E-state index contributed by atoms with van der Waals surface area (Å²) in [7, 11) is 1.65. The van der Waals surface area contributed by atoms with Crippen molar-refractivity contribution >= 4 is 29.0 Å². The molecule has 0 unspecified atom stereocenters. The first-order chi connectivity index (χ1) is 15.5. The van der Waals surface area contributed by atoms with Gasteiger partial charge in [0.2, 0.25) is 5.91 Å². The monoisotopic (exact) mass is 442 g/mol. The third-order valence-electron chi connectivity index (χ3n) is 6.05. The Morgan fingerprint density at radius 1 is 1.28 bits per heavy atom. The zero-order valence-electron chi connectivity index (χ0n) is 17.8. The standard InChI is InChI=1S/C24H22N6OS/c1-3-6-16-11-17(13-26-12-16)19-8-9-20(32-19)24-15-30(21-7-4-5-10-27-21)14-18(24)22(31)29(2)23(25)28-24/h4-5,7-13,18H,14-15H2,1-2H3,(H2,25,28)/t18-,24-/m0/s1. The van der Waals surface area contributed by atoms with E-state index in [9.17, 15) is 4.79 Å². The van der Waals surface area contributed by atoms with Crippen molar-refractivity contribution in [1.29, 1.82) is 5.41 Å². The Bertz CT molecular complexity index is 1260. The molecule has 0 aliphatic carbocycles. The van der Waals surface area contributed by atoms with Crippen LogP contribution in [0.3, 0.4) is 0 Å². The average molecular weight is 443 g/mol. The molecular formula is C24H22N6OS.